The molecule has 1 aliphatic heterocycles. The van der Waals surface area contributed by atoms with Gasteiger partial charge < -0.3 is 5.73 Å². The lowest BCUT2D eigenvalue weighted by molar-refractivity contribution is -0.118. The van der Waals surface area contributed by atoms with Gasteiger partial charge in [-0.1, -0.05) is 12.1 Å². The highest BCUT2D eigenvalue weighted by Gasteiger charge is 2.42. The van der Waals surface area contributed by atoms with E-state index in [0.29, 0.717) is 0 Å². The van der Waals surface area contributed by atoms with Gasteiger partial charge >= 0.3 is 0 Å². The second-order valence-electron chi connectivity index (χ2n) is 5.55. The van der Waals surface area contributed by atoms with Gasteiger partial charge in [0.25, 0.3) is 17.7 Å². The normalized spacial score (nSPS) is 14.1. The number of carbonyl (C=O) groups excluding carboxylic acids is 5. The van der Waals surface area contributed by atoms with Crippen molar-refractivity contribution >= 4 is 29.3 Å². The summed E-state index contributed by atoms with van der Waals surface area (Å²) in [6.45, 7) is 1.28. The highest BCUT2D eigenvalue weighted by molar-refractivity contribution is 6.45. The third-order valence-electron chi connectivity index (χ3n) is 3.97. The molecule has 1 atom stereocenters. The van der Waals surface area contributed by atoms with Crippen LogP contribution >= 0.6 is 0 Å². The van der Waals surface area contributed by atoms with Gasteiger partial charge in [0.2, 0.25) is 11.6 Å². The minimum absolute atomic E-state index is 0.169. The van der Waals surface area contributed by atoms with Gasteiger partial charge in [-0.05, 0) is 25.1 Å². The molecule has 1 aliphatic rings. The molecule has 2 N–H and O–H groups in total. The van der Waals surface area contributed by atoms with E-state index >= 15 is 0 Å². The largest absolute Gasteiger partial charge is 0.364 e. The third kappa shape index (κ3) is 2.65. The summed E-state index contributed by atoms with van der Waals surface area (Å²) < 4.78 is 0. The quantitative estimate of drug-likeness (QED) is 0.454. The van der Waals surface area contributed by atoms with Crippen molar-refractivity contribution in [1.29, 1.82) is 0 Å². The average molecular weight is 352 g/mol. The Hall–Kier alpha value is -3.75. The Morgan fingerprint density at radius 3 is 2.08 bits per heavy atom. The number of aromatic nitrogens is 2. The Morgan fingerprint density at radius 2 is 1.54 bits per heavy atom. The number of amides is 3. The lowest BCUT2D eigenvalue weighted by Crippen LogP contribution is -2.45. The molecule has 0 bridgehead atoms. The van der Waals surface area contributed by atoms with E-state index in [1.54, 1.807) is 12.1 Å². The standard InChI is InChI=1S/C17H12N4O5/c1-8(21-16(25)9-4-2-3-5-10(9)17(21)26)13(22)14(23)11-6-12(15(18)24)20-7-19-11/h2-8H,1H3,(H2,18,24). The fraction of sp³-hybridized carbons (Fsp3) is 0.118. The van der Waals surface area contributed by atoms with E-state index in [-0.39, 0.29) is 22.5 Å². The monoisotopic (exact) mass is 352 g/mol. The smallest absolute Gasteiger partial charge is 0.267 e. The molecule has 2 heterocycles. The fourth-order valence-corrected chi connectivity index (χ4v) is 2.61. The van der Waals surface area contributed by atoms with E-state index in [1.165, 1.54) is 19.1 Å². The summed E-state index contributed by atoms with van der Waals surface area (Å²) in [7, 11) is 0. The van der Waals surface area contributed by atoms with Crippen LogP contribution in [0, 0.1) is 0 Å². The van der Waals surface area contributed by atoms with Crippen molar-refractivity contribution in [3.63, 3.8) is 0 Å². The van der Waals surface area contributed by atoms with Crippen LogP contribution < -0.4 is 5.73 Å². The molecule has 1 aromatic heterocycles. The number of hydrogen-bond donors (Lipinski definition) is 1. The first-order valence-corrected chi connectivity index (χ1v) is 7.50. The minimum atomic E-state index is -1.33. The molecule has 0 radical (unpaired) electrons. The molecule has 130 valence electrons. The number of imide groups is 1. The second kappa shape index (κ2) is 6.28. The molecule has 3 rings (SSSR count). The maximum atomic E-state index is 12.5. The van der Waals surface area contributed by atoms with Crippen LogP contribution in [0.1, 0.15) is 48.6 Å². The minimum Gasteiger partial charge on any atom is -0.364 e. The molecule has 0 aliphatic carbocycles. The number of benzene rings is 1. The zero-order valence-electron chi connectivity index (χ0n) is 13.5. The molecule has 3 amide bonds. The molecule has 1 aromatic carbocycles. The van der Waals surface area contributed by atoms with Crippen LogP contribution in [0.4, 0.5) is 0 Å². The molecule has 0 saturated carbocycles. The van der Waals surface area contributed by atoms with Crippen molar-refractivity contribution in [2.45, 2.75) is 13.0 Å². The fourth-order valence-electron chi connectivity index (χ4n) is 2.61. The number of ketones is 2. The SMILES string of the molecule is CC(C(=O)C(=O)c1cc(C(N)=O)ncn1)N1C(=O)c2ccccc2C1=O. The summed E-state index contributed by atoms with van der Waals surface area (Å²) in [4.78, 5) is 68.8. The Balaban J connectivity index is 1.88. The van der Waals surface area contributed by atoms with Gasteiger partial charge in [-0.15, -0.1) is 0 Å². The molecular weight excluding hydrogens is 340 g/mol. The van der Waals surface area contributed by atoms with Crippen molar-refractivity contribution < 1.29 is 24.0 Å². The van der Waals surface area contributed by atoms with E-state index in [2.05, 4.69) is 9.97 Å². The Bertz CT molecular complexity index is 950. The highest BCUT2D eigenvalue weighted by atomic mass is 16.2. The predicted octanol–water partition coefficient (Wildman–Crippen LogP) is 0.0120. The summed E-state index contributed by atoms with van der Waals surface area (Å²) in [5.41, 5.74) is 4.84. The molecule has 1 unspecified atom stereocenters. The lowest BCUT2D eigenvalue weighted by atomic mass is 10.1. The zero-order chi connectivity index (χ0) is 19.0. The lowest BCUT2D eigenvalue weighted by Gasteiger charge is -2.20. The number of nitrogens with two attached hydrogens (primary N) is 1. The summed E-state index contributed by atoms with van der Waals surface area (Å²) in [6, 6.07) is 5.78. The molecule has 2 aromatic rings. The average Bonchev–Trinajstić information content (AvgIpc) is 2.91. The van der Waals surface area contributed by atoms with Crippen LogP contribution in [0.2, 0.25) is 0 Å². The van der Waals surface area contributed by atoms with Gasteiger partial charge in [0.15, 0.2) is 0 Å². The van der Waals surface area contributed by atoms with E-state index < -0.39 is 35.3 Å². The molecule has 26 heavy (non-hydrogen) atoms. The molecule has 9 nitrogen and oxygen atoms in total. The van der Waals surface area contributed by atoms with E-state index in [0.717, 1.165) is 17.3 Å². The Kier molecular flexibility index (Phi) is 4.13. The van der Waals surface area contributed by atoms with Crippen LogP contribution in [0.25, 0.3) is 0 Å². The highest BCUT2D eigenvalue weighted by Crippen LogP contribution is 2.25. The van der Waals surface area contributed by atoms with Crippen molar-refractivity contribution in [3.05, 3.63) is 59.2 Å². The van der Waals surface area contributed by atoms with Crippen LogP contribution in [0.15, 0.2) is 36.7 Å². The first kappa shape index (κ1) is 17.1. The van der Waals surface area contributed by atoms with Gasteiger partial charge in [0, 0.05) is 0 Å². The maximum absolute atomic E-state index is 12.5. The van der Waals surface area contributed by atoms with Gasteiger partial charge in [-0.2, -0.15) is 0 Å². The zero-order valence-corrected chi connectivity index (χ0v) is 13.5. The van der Waals surface area contributed by atoms with Crippen molar-refractivity contribution in [1.82, 2.24) is 14.9 Å². The van der Waals surface area contributed by atoms with Gasteiger partial charge in [0.05, 0.1) is 11.1 Å². The maximum Gasteiger partial charge on any atom is 0.267 e. The Labute approximate surface area is 146 Å². The molecule has 0 fully saturated rings. The van der Waals surface area contributed by atoms with Crippen LogP contribution in [0.3, 0.4) is 0 Å². The van der Waals surface area contributed by atoms with Crippen molar-refractivity contribution in [3.8, 4) is 0 Å². The number of rotatable bonds is 5. The van der Waals surface area contributed by atoms with E-state index in [9.17, 15) is 24.0 Å². The number of nitrogens with zero attached hydrogens (tertiary/aromatic N) is 3. The topological polar surface area (TPSA) is 140 Å². The summed E-state index contributed by atoms with van der Waals surface area (Å²) in [5.74, 6) is -4.27. The first-order valence-electron chi connectivity index (χ1n) is 7.50. The van der Waals surface area contributed by atoms with Crippen molar-refractivity contribution in [2.24, 2.45) is 5.73 Å². The number of hydrogen-bond acceptors (Lipinski definition) is 7. The van der Waals surface area contributed by atoms with Gasteiger partial charge in [0.1, 0.15) is 23.8 Å². The number of fused-ring (bicyclic) bond motifs is 1. The molecule has 9 heteroatoms. The third-order valence-corrected chi connectivity index (χ3v) is 3.97. The first-order chi connectivity index (χ1) is 12.3. The van der Waals surface area contributed by atoms with Crippen LogP contribution in [-0.4, -0.2) is 50.2 Å². The summed E-state index contributed by atoms with van der Waals surface area (Å²) in [5, 5.41) is 0. The summed E-state index contributed by atoms with van der Waals surface area (Å²) >= 11 is 0. The van der Waals surface area contributed by atoms with E-state index in [4.69, 9.17) is 5.73 Å². The molecule has 0 spiro atoms. The molecular formula is C17H12N4O5. The number of primary amides is 1. The summed E-state index contributed by atoms with van der Waals surface area (Å²) in [6.07, 6.45) is 0.924. The number of Topliss-reactive ketones (excluding diaryl/α,β-unsaturated/α-hetero) is 2. The van der Waals surface area contributed by atoms with Crippen LogP contribution in [-0.2, 0) is 4.79 Å². The predicted molar refractivity (Wildman–Crippen MR) is 86.3 cm³/mol. The van der Waals surface area contributed by atoms with Gasteiger partial charge in [-0.3, -0.25) is 28.9 Å². The molecule has 0 saturated heterocycles. The number of carbonyl (C=O) groups is 5. The van der Waals surface area contributed by atoms with Crippen LogP contribution in [0.5, 0.6) is 0 Å². The second-order valence-corrected chi connectivity index (χ2v) is 5.55. The van der Waals surface area contributed by atoms with E-state index in [1.807, 2.05) is 0 Å². The van der Waals surface area contributed by atoms with Crippen molar-refractivity contribution in [2.75, 3.05) is 0 Å². The van der Waals surface area contributed by atoms with Gasteiger partial charge in [-0.25, -0.2) is 9.97 Å². The Morgan fingerprint density at radius 1 is 1.00 bits per heavy atom.